The standard InChI is InChI=1S/C17H26N2O2.ClH/c1-12-10-13(2)14(3)16(11-12)21-9-6-17(20)19-15-4-7-18-8-5-15;/h10-11,15,18H,4-9H2,1-3H3,(H,19,20);1H. The Hall–Kier alpha value is -1.26. The summed E-state index contributed by atoms with van der Waals surface area (Å²) in [5, 5.41) is 6.38. The molecule has 0 bridgehead atoms. The van der Waals surface area contributed by atoms with Gasteiger partial charge < -0.3 is 15.4 Å². The Morgan fingerprint density at radius 1 is 1.27 bits per heavy atom. The van der Waals surface area contributed by atoms with Crippen molar-refractivity contribution in [3.05, 3.63) is 28.8 Å². The van der Waals surface area contributed by atoms with Crippen LogP contribution < -0.4 is 15.4 Å². The Kier molecular flexibility index (Phi) is 7.69. The summed E-state index contributed by atoms with van der Waals surface area (Å²) >= 11 is 0. The minimum atomic E-state index is 0. The molecule has 0 spiro atoms. The molecular weight excluding hydrogens is 300 g/mol. The predicted octanol–water partition coefficient (Wildman–Crippen LogP) is 2.67. The van der Waals surface area contributed by atoms with E-state index in [2.05, 4.69) is 37.5 Å². The monoisotopic (exact) mass is 326 g/mol. The van der Waals surface area contributed by atoms with E-state index in [9.17, 15) is 4.79 Å². The quantitative estimate of drug-likeness (QED) is 0.874. The highest BCUT2D eigenvalue weighted by atomic mass is 35.5. The lowest BCUT2D eigenvalue weighted by atomic mass is 10.1. The SMILES string of the molecule is Cc1cc(C)c(C)c(OCCC(=O)NC2CCNCC2)c1.Cl. The first kappa shape index (κ1) is 18.8. The van der Waals surface area contributed by atoms with Crippen molar-refractivity contribution in [1.29, 1.82) is 0 Å². The van der Waals surface area contributed by atoms with E-state index in [1.54, 1.807) is 0 Å². The summed E-state index contributed by atoms with van der Waals surface area (Å²) in [6, 6.07) is 4.50. The molecule has 1 aliphatic heterocycles. The molecule has 4 nitrogen and oxygen atoms in total. The molecule has 0 atom stereocenters. The van der Waals surface area contributed by atoms with Gasteiger partial charge in [-0.2, -0.15) is 0 Å². The maximum atomic E-state index is 11.9. The first-order chi connectivity index (χ1) is 10.1. The van der Waals surface area contributed by atoms with E-state index >= 15 is 0 Å². The van der Waals surface area contributed by atoms with E-state index in [0.717, 1.165) is 37.2 Å². The number of hydrogen-bond donors (Lipinski definition) is 2. The third-order valence-electron chi connectivity index (χ3n) is 4.06. The van der Waals surface area contributed by atoms with Crippen LogP contribution in [0.1, 0.15) is 36.0 Å². The second-order valence-electron chi connectivity index (χ2n) is 5.90. The third-order valence-corrected chi connectivity index (χ3v) is 4.06. The number of hydrogen-bond acceptors (Lipinski definition) is 3. The molecule has 1 aromatic rings. The molecule has 124 valence electrons. The van der Waals surface area contributed by atoms with Gasteiger partial charge in [0.25, 0.3) is 0 Å². The predicted molar refractivity (Wildman–Crippen MR) is 92.0 cm³/mol. The highest BCUT2D eigenvalue weighted by molar-refractivity contribution is 5.85. The topological polar surface area (TPSA) is 50.4 Å². The molecule has 2 rings (SSSR count). The van der Waals surface area contributed by atoms with E-state index in [1.165, 1.54) is 11.1 Å². The van der Waals surface area contributed by atoms with Crippen molar-refractivity contribution in [2.24, 2.45) is 0 Å². The van der Waals surface area contributed by atoms with Gasteiger partial charge in [0, 0.05) is 6.04 Å². The Balaban J connectivity index is 0.00000242. The summed E-state index contributed by atoms with van der Waals surface area (Å²) in [7, 11) is 0. The molecule has 1 amide bonds. The van der Waals surface area contributed by atoms with Crippen molar-refractivity contribution in [3.8, 4) is 5.75 Å². The molecule has 2 N–H and O–H groups in total. The van der Waals surface area contributed by atoms with Crippen LogP contribution in [0.3, 0.4) is 0 Å². The number of piperidine rings is 1. The zero-order valence-corrected chi connectivity index (χ0v) is 14.5. The maximum absolute atomic E-state index is 11.9. The van der Waals surface area contributed by atoms with Gasteiger partial charge in [0.05, 0.1) is 13.0 Å². The number of benzene rings is 1. The number of carbonyl (C=O) groups is 1. The summed E-state index contributed by atoms with van der Waals surface area (Å²) in [5.74, 6) is 0.978. The minimum Gasteiger partial charge on any atom is -0.493 e. The van der Waals surface area contributed by atoms with E-state index in [0.29, 0.717) is 19.1 Å². The van der Waals surface area contributed by atoms with E-state index in [-0.39, 0.29) is 18.3 Å². The molecule has 1 aliphatic rings. The molecule has 0 saturated carbocycles. The molecule has 1 saturated heterocycles. The van der Waals surface area contributed by atoms with Gasteiger partial charge in [-0.25, -0.2) is 0 Å². The molecule has 5 heteroatoms. The van der Waals surface area contributed by atoms with Gasteiger partial charge in [-0.15, -0.1) is 12.4 Å². The second-order valence-corrected chi connectivity index (χ2v) is 5.90. The van der Waals surface area contributed by atoms with Crippen LogP contribution in [0.25, 0.3) is 0 Å². The summed E-state index contributed by atoms with van der Waals surface area (Å²) in [4.78, 5) is 11.9. The zero-order chi connectivity index (χ0) is 15.2. The fraction of sp³-hybridized carbons (Fsp3) is 0.588. The molecule has 0 aromatic heterocycles. The van der Waals surface area contributed by atoms with Gasteiger partial charge in [0.2, 0.25) is 5.91 Å². The smallest absolute Gasteiger partial charge is 0.223 e. The molecule has 0 radical (unpaired) electrons. The fourth-order valence-electron chi connectivity index (χ4n) is 2.67. The van der Waals surface area contributed by atoms with Gasteiger partial charge in [-0.1, -0.05) is 6.07 Å². The van der Waals surface area contributed by atoms with E-state index < -0.39 is 0 Å². The largest absolute Gasteiger partial charge is 0.493 e. The van der Waals surface area contributed by atoms with Crippen LogP contribution >= 0.6 is 12.4 Å². The minimum absolute atomic E-state index is 0. The van der Waals surface area contributed by atoms with Crippen molar-refractivity contribution >= 4 is 18.3 Å². The zero-order valence-electron chi connectivity index (χ0n) is 13.7. The lowest BCUT2D eigenvalue weighted by Crippen LogP contribution is -2.43. The molecule has 0 aliphatic carbocycles. The Morgan fingerprint density at radius 3 is 2.64 bits per heavy atom. The number of aryl methyl sites for hydroxylation is 2. The van der Waals surface area contributed by atoms with Gasteiger partial charge in [0.1, 0.15) is 5.75 Å². The van der Waals surface area contributed by atoms with Crippen LogP contribution in [-0.4, -0.2) is 31.6 Å². The summed E-state index contributed by atoms with van der Waals surface area (Å²) in [6.07, 6.45) is 2.45. The summed E-state index contributed by atoms with van der Waals surface area (Å²) in [6.45, 7) is 8.61. The highest BCUT2D eigenvalue weighted by Crippen LogP contribution is 2.23. The van der Waals surface area contributed by atoms with E-state index in [1.807, 2.05) is 6.07 Å². The third kappa shape index (κ3) is 5.50. The molecule has 1 fully saturated rings. The first-order valence-corrected chi connectivity index (χ1v) is 7.77. The van der Waals surface area contributed by atoms with Gasteiger partial charge in [0.15, 0.2) is 0 Å². The lowest BCUT2D eigenvalue weighted by Gasteiger charge is -2.23. The summed E-state index contributed by atoms with van der Waals surface area (Å²) in [5.41, 5.74) is 3.57. The number of halogens is 1. The van der Waals surface area contributed by atoms with Crippen molar-refractivity contribution in [2.75, 3.05) is 19.7 Å². The number of amides is 1. The Bertz CT molecular complexity index is 500. The number of nitrogens with one attached hydrogen (secondary N) is 2. The molecular formula is C17H27ClN2O2. The van der Waals surface area contributed by atoms with Crippen LogP contribution in [0.15, 0.2) is 12.1 Å². The fourth-order valence-corrected chi connectivity index (χ4v) is 2.67. The van der Waals surface area contributed by atoms with Gasteiger partial charge in [-0.05, 0) is 69.5 Å². The van der Waals surface area contributed by atoms with Gasteiger partial charge in [-0.3, -0.25) is 4.79 Å². The van der Waals surface area contributed by atoms with Crippen LogP contribution in [0.2, 0.25) is 0 Å². The maximum Gasteiger partial charge on any atom is 0.223 e. The normalized spacial score (nSPS) is 15.0. The average Bonchev–Trinajstić information content (AvgIpc) is 2.45. The average molecular weight is 327 g/mol. The van der Waals surface area contributed by atoms with Gasteiger partial charge >= 0.3 is 0 Å². The molecule has 0 unspecified atom stereocenters. The highest BCUT2D eigenvalue weighted by Gasteiger charge is 2.15. The van der Waals surface area contributed by atoms with Crippen LogP contribution in [0.5, 0.6) is 5.75 Å². The second kappa shape index (κ2) is 9.01. The summed E-state index contributed by atoms with van der Waals surface area (Å²) < 4.78 is 5.79. The molecule has 1 aromatic carbocycles. The Morgan fingerprint density at radius 2 is 1.95 bits per heavy atom. The van der Waals surface area contributed by atoms with E-state index in [4.69, 9.17) is 4.74 Å². The number of rotatable bonds is 5. The number of carbonyl (C=O) groups excluding carboxylic acids is 1. The first-order valence-electron chi connectivity index (χ1n) is 7.77. The van der Waals surface area contributed by atoms with Crippen molar-refractivity contribution in [1.82, 2.24) is 10.6 Å². The van der Waals surface area contributed by atoms with Crippen LogP contribution in [0.4, 0.5) is 0 Å². The van der Waals surface area contributed by atoms with Crippen LogP contribution in [-0.2, 0) is 4.79 Å². The van der Waals surface area contributed by atoms with Crippen molar-refractivity contribution in [3.63, 3.8) is 0 Å². The number of ether oxygens (including phenoxy) is 1. The Labute approximate surface area is 139 Å². The molecule has 22 heavy (non-hydrogen) atoms. The molecule has 1 heterocycles. The van der Waals surface area contributed by atoms with Crippen molar-refractivity contribution < 1.29 is 9.53 Å². The van der Waals surface area contributed by atoms with Crippen molar-refractivity contribution in [2.45, 2.75) is 46.1 Å². The van der Waals surface area contributed by atoms with Crippen LogP contribution in [0, 0.1) is 20.8 Å². The lowest BCUT2D eigenvalue weighted by molar-refractivity contribution is -0.122.